The standard InChI is InChI=1S/C24H34N6/c1-18(25)21(16-28-2)22(26)8-9-23(27)29-15-20-14-24(20)10-12-30(13-11-24)17-19-6-4-3-5-7-19/h3-9,16,20,25-26,28H,10-15,17H2,1-2H3,(H2,27,29)/b9-8-,21-16+,25-18?,26-22?. The van der Waals surface area contributed by atoms with Gasteiger partial charge in [0.25, 0.3) is 0 Å². The van der Waals surface area contributed by atoms with Gasteiger partial charge in [-0.2, -0.15) is 0 Å². The lowest BCUT2D eigenvalue weighted by molar-refractivity contribution is 0.156. The van der Waals surface area contributed by atoms with E-state index in [1.54, 1.807) is 32.3 Å². The summed E-state index contributed by atoms with van der Waals surface area (Å²) in [6, 6.07) is 10.7. The zero-order valence-corrected chi connectivity index (χ0v) is 18.1. The molecule has 6 nitrogen and oxygen atoms in total. The number of nitrogens with one attached hydrogen (secondary N) is 5. The maximum absolute atomic E-state index is 8.12. The quantitative estimate of drug-likeness (QED) is 0.320. The van der Waals surface area contributed by atoms with E-state index >= 15 is 0 Å². The number of hydrogen-bond donors (Lipinski definition) is 5. The summed E-state index contributed by atoms with van der Waals surface area (Å²) in [7, 11) is 1.75. The maximum Gasteiger partial charge on any atom is 0.118 e. The van der Waals surface area contributed by atoms with Gasteiger partial charge in [0.05, 0.1) is 5.71 Å². The van der Waals surface area contributed by atoms with Gasteiger partial charge in [0.15, 0.2) is 0 Å². The van der Waals surface area contributed by atoms with Crippen LogP contribution in [0.1, 0.15) is 31.7 Å². The predicted molar refractivity (Wildman–Crippen MR) is 125 cm³/mol. The van der Waals surface area contributed by atoms with Crippen molar-refractivity contribution in [2.24, 2.45) is 11.3 Å². The first-order chi connectivity index (χ1) is 14.4. The Kier molecular flexibility index (Phi) is 7.21. The van der Waals surface area contributed by atoms with Gasteiger partial charge in [0, 0.05) is 37.6 Å². The van der Waals surface area contributed by atoms with Gasteiger partial charge in [-0.15, -0.1) is 0 Å². The number of nitrogens with zero attached hydrogens (tertiary/aromatic N) is 1. The smallest absolute Gasteiger partial charge is 0.118 e. The van der Waals surface area contributed by atoms with E-state index in [0.29, 0.717) is 28.5 Å². The van der Waals surface area contributed by atoms with E-state index in [1.165, 1.54) is 24.8 Å². The van der Waals surface area contributed by atoms with Crippen molar-refractivity contribution in [1.29, 1.82) is 16.2 Å². The number of benzene rings is 1. The topological polar surface area (TPSA) is 98.9 Å². The second-order valence-corrected chi connectivity index (χ2v) is 8.54. The van der Waals surface area contributed by atoms with Crippen LogP contribution in [0.3, 0.4) is 0 Å². The minimum Gasteiger partial charge on any atom is -0.393 e. The minimum absolute atomic E-state index is 0.233. The summed E-state index contributed by atoms with van der Waals surface area (Å²) >= 11 is 0. The average Bonchev–Trinajstić information content (AvgIpc) is 3.43. The third kappa shape index (κ3) is 5.66. The van der Waals surface area contributed by atoms with Crippen molar-refractivity contribution in [3.63, 3.8) is 0 Å². The zero-order chi connectivity index (χ0) is 21.6. The molecule has 1 spiro atoms. The lowest BCUT2D eigenvalue weighted by Crippen LogP contribution is -2.35. The predicted octanol–water partition coefficient (Wildman–Crippen LogP) is 3.57. The van der Waals surface area contributed by atoms with Crippen molar-refractivity contribution in [3.8, 4) is 0 Å². The largest absolute Gasteiger partial charge is 0.393 e. The molecule has 1 heterocycles. The highest BCUT2D eigenvalue weighted by molar-refractivity contribution is 6.26. The highest BCUT2D eigenvalue weighted by Crippen LogP contribution is 2.59. The van der Waals surface area contributed by atoms with Crippen LogP contribution in [0.4, 0.5) is 0 Å². The monoisotopic (exact) mass is 406 g/mol. The fourth-order valence-corrected chi connectivity index (χ4v) is 4.41. The Bertz CT molecular complexity index is 831. The van der Waals surface area contributed by atoms with Crippen LogP contribution in [0.2, 0.25) is 0 Å². The van der Waals surface area contributed by atoms with Crippen molar-refractivity contribution in [2.75, 3.05) is 26.7 Å². The van der Waals surface area contributed by atoms with E-state index in [9.17, 15) is 0 Å². The number of amidine groups is 1. The summed E-state index contributed by atoms with van der Waals surface area (Å²) in [4.78, 5) is 2.56. The van der Waals surface area contributed by atoms with Gasteiger partial charge in [-0.3, -0.25) is 10.3 Å². The minimum atomic E-state index is 0.233. The molecule has 1 aromatic carbocycles. The molecule has 1 unspecified atom stereocenters. The first-order valence-electron chi connectivity index (χ1n) is 10.7. The number of piperidine rings is 1. The van der Waals surface area contributed by atoms with Crippen LogP contribution < -0.4 is 10.6 Å². The molecule has 30 heavy (non-hydrogen) atoms. The highest BCUT2D eigenvalue weighted by Gasteiger charge is 2.54. The summed E-state index contributed by atoms with van der Waals surface area (Å²) in [6.07, 6.45) is 8.60. The number of likely N-dealkylation sites (tertiary alicyclic amines) is 1. The van der Waals surface area contributed by atoms with E-state index in [0.717, 1.165) is 26.2 Å². The van der Waals surface area contributed by atoms with Gasteiger partial charge in [0.1, 0.15) is 5.84 Å². The maximum atomic E-state index is 8.12. The highest BCUT2D eigenvalue weighted by atomic mass is 15.1. The van der Waals surface area contributed by atoms with Crippen molar-refractivity contribution < 1.29 is 0 Å². The van der Waals surface area contributed by atoms with Crippen LogP contribution in [0.25, 0.3) is 0 Å². The van der Waals surface area contributed by atoms with Crippen LogP contribution >= 0.6 is 0 Å². The average molecular weight is 407 g/mol. The van der Waals surface area contributed by atoms with Crippen molar-refractivity contribution in [2.45, 2.75) is 32.7 Å². The zero-order valence-electron chi connectivity index (χ0n) is 18.1. The molecule has 0 bridgehead atoms. The van der Waals surface area contributed by atoms with E-state index < -0.39 is 0 Å². The lowest BCUT2D eigenvalue weighted by Gasteiger charge is -2.33. The Morgan fingerprint density at radius 3 is 2.47 bits per heavy atom. The molecule has 6 heteroatoms. The molecule has 1 aliphatic heterocycles. The van der Waals surface area contributed by atoms with Gasteiger partial charge in [0.2, 0.25) is 0 Å². The summed E-state index contributed by atoms with van der Waals surface area (Å²) in [6.45, 7) is 5.85. The first-order valence-corrected chi connectivity index (χ1v) is 10.7. The lowest BCUT2D eigenvalue weighted by atomic mass is 9.90. The van der Waals surface area contributed by atoms with Gasteiger partial charge in [-0.1, -0.05) is 30.3 Å². The van der Waals surface area contributed by atoms with Gasteiger partial charge in [-0.05, 0) is 68.3 Å². The van der Waals surface area contributed by atoms with Crippen LogP contribution in [0.5, 0.6) is 0 Å². The summed E-state index contributed by atoms with van der Waals surface area (Å²) in [5.41, 5.74) is 2.95. The Morgan fingerprint density at radius 1 is 1.13 bits per heavy atom. The van der Waals surface area contributed by atoms with Crippen LogP contribution in [-0.4, -0.2) is 48.8 Å². The molecule has 3 rings (SSSR count). The van der Waals surface area contributed by atoms with Gasteiger partial charge < -0.3 is 21.5 Å². The number of allylic oxidation sites excluding steroid dienone is 2. The third-order valence-electron chi connectivity index (χ3n) is 6.40. The van der Waals surface area contributed by atoms with E-state index in [-0.39, 0.29) is 5.71 Å². The third-order valence-corrected chi connectivity index (χ3v) is 6.40. The summed E-state index contributed by atoms with van der Waals surface area (Å²) in [5.74, 6) is 0.975. The number of rotatable bonds is 9. The molecule has 2 fully saturated rings. The Balaban J connectivity index is 1.40. The molecular formula is C24H34N6. The number of hydrogen-bond acceptors (Lipinski definition) is 5. The van der Waals surface area contributed by atoms with Crippen LogP contribution in [-0.2, 0) is 6.54 Å². The molecule has 5 N–H and O–H groups in total. The summed E-state index contributed by atoms with van der Waals surface area (Å²) in [5, 5.41) is 30.0. The second kappa shape index (κ2) is 9.85. The first kappa shape index (κ1) is 22.0. The van der Waals surface area contributed by atoms with E-state index in [1.807, 2.05) is 0 Å². The van der Waals surface area contributed by atoms with Gasteiger partial charge >= 0.3 is 0 Å². The normalized spacial score (nSPS) is 20.9. The molecule has 0 aromatic heterocycles. The molecule has 1 aromatic rings. The summed E-state index contributed by atoms with van der Waals surface area (Å²) < 4.78 is 0. The molecule has 0 amide bonds. The van der Waals surface area contributed by atoms with Crippen molar-refractivity contribution in [1.82, 2.24) is 15.5 Å². The van der Waals surface area contributed by atoms with Gasteiger partial charge in [-0.25, -0.2) is 0 Å². The van der Waals surface area contributed by atoms with Crippen molar-refractivity contribution >= 4 is 17.3 Å². The molecule has 160 valence electrons. The second-order valence-electron chi connectivity index (χ2n) is 8.54. The molecule has 0 radical (unpaired) electrons. The molecule has 2 aliphatic rings. The molecule has 1 saturated carbocycles. The SMILES string of the molecule is CN/C=C(\C(C)=N)C(=N)/C=C\C(=N)NCC1CC12CCN(Cc1ccccc1)CC2. The fourth-order valence-electron chi connectivity index (χ4n) is 4.41. The molecular weight excluding hydrogens is 372 g/mol. The Labute approximate surface area is 180 Å². The van der Waals surface area contributed by atoms with Crippen molar-refractivity contribution in [3.05, 3.63) is 59.8 Å². The molecule has 1 atom stereocenters. The Morgan fingerprint density at radius 2 is 1.83 bits per heavy atom. The molecule has 1 saturated heterocycles. The van der Waals surface area contributed by atoms with E-state index in [4.69, 9.17) is 16.2 Å². The van der Waals surface area contributed by atoms with Crippen LogP contribution in [0, 0.1) is 27.6 Å². The Hall–Kier alpha value is -2.73. The fraction of sp³-hybridized carbons (Fsp3) is 0.458. The molecule has 1 aliphatic carbocycles. The van der Waals surface area contributed by atoms with E-state index in [2.05, 4.69) is 45.9 Å². The van der Waals surface area contributed by atoms with Crippen LogP contribution in [0.15, 0.2) is 54.3 Å².